The van der Waals surface area contributed by atoms with Crippen LogP contribution < -0.4 is 0 Å². The summed E-state index contributed by atoms with van der Waals surface area (Å²) in [5.41, 5.74) is 0.875. The van der Waals surface area contributed by atoms with Crippen LogP contribution in [0.1, 0.15) is 60.2 Å². The summed E-state index contributed by atoms with van der Waals surface area (Å²) < 4.78 is 15.4. The molecule has 0 heterocycles. The lowest BCUT2D eigenvalue weighted by Gasteiger charge is -2.11. The number of methoxy groups -OCH3 is 1. The molecule has 1 atom stereocenters. The van der Waals surface area contributed by atoms with Crippen LogP contribution in [0.15, 0.2) is 24.3 Å². The van der Waals surface area contributed by atoms with Crippen LogP contribution in [-0.4, -0.2) is 38.9 Å². The van der Waals surface area contributed by atoms with E-state index >= 15 is 0 Å². The number of esters is 2. The molecule has 0 aliphatic heterocycles. The smallest absolute Gasteiger partial charge is 0.338 e. The van der Waals surface area contributed by atoms with Crippen LogP contribution in [0.2, 0.25) is 0 Å². The molecule has 0 N–H and O–H groups in total. The number of rotatable bonds is 11. The summed E-state index contributed by atoms with van der Waals surface area (Å²) in [7, 11) is 1.68. The minimum Gasteiger partial charge on any atom is -0.462 e. The van der Waals surface area contributed by atoms with Gasteiger partial charge in [0.1, 0.15) is 0 Å². The Morgan fingerprint density at radius 2 is 1.42 bits per heavy atom. The Bertz CT molecular complexity index is 495. The summed E-state index contributed by atoms with van der Waals surface area (Å²) in [6.45, 7) is 5.65. The first-order valence-electron chi connectivity index (χ1n) is 8.51. The Balaban J connectivity index is 2.39. The van der Waals surface area contributed by atoms with Gasteiger partial charge >= 0.3 is 11.9 Å². The number of hydrogen-bond donors (Lipinski definition) is 0. The number of unbranched alkanes of at least 4 members (excludes halogenated alkanes) is 1. The van der Waals surface area contributed by atoms with E-state index in [1.54, 1.807) is 31.4 Å². The Kier molecular flexibility index (Phi) is 9.77. The van der Waals surface area contributed by atoms with E-state index in [2.05, 4.69) is 6.92 Å². The van der Waals surface area contributed by atoms with E-state index in [9.17, 15) is 9.59 Å². The van der Waals surface area contributed by atoms with Gasteiger partial charge in [0.25, 0.3) is 0 Å². The molecule has 0 saturated heterocycles. The number of benzene rings is 1. The third-order valence-corrected chi connectivity index (χ3v) is 3.75. The third-order valence-electron chi connectivity index (χ3n) is 3.75. The van der Waals surface area contributed by atoms with Crippen LogP contribution in [0, 0.1) is 5.92 Å². The Morgan fingerprint density at radius 3 is 1.92 bits per heavy atom. The van der Waals surface area contributed by atoms with Gasteiger partial charge in [-0.3, -0.25) is 0 Å². The minimum atomic E-state index is -0.375. The Morgan fingerprint density at radius 1 is 0.917 bits per heavy atom. The first-order valence-corrected chi connectivity index (χ1v) is 8.51. The number of hydrogen-bond acceptors (Lipinski definition) is 5. The lowest BCUT2D eigenvalue weighted by Crippen LogP contribution is -2.11. The molecule has 0 bridgehead atoms. The Labute approximate surface area is 144 Å². The van der Waals surface area contributed by atoms with Gasteiger partial charge in [0.2, 0.25) is 0 Å². The van der Waals surface area contributed by atoms with Crippen molar-refractivity contribution in [2.75, 3.05) is 26.9 Å². The minimum absolute atomic E-state index is 0.365. The number of carbonyl (C=O) groups is 2. The van der Waals surface area contributed by atoms with Crippen molar-refractivity contribution in [3.05, 3.63) is 35.4 Å². The van der Waals surface area contributed by atoms with Crippen LogP contribution in [0.4, 0.5) is 0 Å². The summed E-state index contributed by atoms with van der Waals surface area (Å²) >= 11 is 0. The van der Waals surface area contributed by atoms with E-state index < -0.39 is 0 Å². The average molecular weight is 336 g/mol. The molecule has 1 aromatic rings. The van der Waals surface area contributed by atoms with Crippen LogP contribution in [0.25, 0.3) is 0 Å². The molecule has 0 aliphatic rings. The van der Waals surface area contributed by atoms with Crippen LogP contribution >= 0.6 is 0 Å². The normalized spacial score (nSPS) is 11.8. The lowest BCUT2D eigenvalue weighted by molar-refractivity contribution is 0.0471. The fraction of sp³-hybridized carbons (Fsp3) is 0.579. The maximum Gasteiger partial charge on any atom is 0.338 e. The molecule has 0 saturated carbocycles. The molecular weight excluding hydrogens is 308 g/mol. The first-order chi connectivity index (χ1) is 11.6. The summed E-state index contributed by atoms with van der Waals surface area (Å²) in [5.74, 6) is -0.298. The van der Waals surface area contributed by atoms with E-state index in [-0.39, 0.29) is 11.9 Å². The van der Waals surface area contributed by atoms with Crippen molar-refractivity contribution < 1.29 is 23.8 Å². The predicted octanol–water partition coefficient (Wildman–Crippen LogP) is 3.86. The fourth-order valence-electron chi connectivity index (χ4n) is 2.03. The summed E-state index contributed by atoms with van der Waals surface area (Å²) in [4.78, 5) is 23.8. The zero-order chi connectivity index (χ0) is 17.8. The van der Waals surface area contributed by atoms with Crippen molar-refractivity contribution >= 4 is 11.9 Å². The van der Waals surface area contributed by atoms with E-state index in [0.717, 1.165) is 25.7 Å². The molecule has 1 unspecified atom stereocenters. The first kappa shape index (κ1) is 20.2. The third kappa shape index (κ3) is 7.59. The standard InChI is InChI=1S/C19H28O5/c1-4-5-12-23-18(20)16-6-8-17(9-7-16)19(21)24-14-11-15(2)10-13-22-3/h6-9,15H,4-5,10-14H2,1-3H3. The molecular formula is C19H28O5. The number of carbonyl (C=O) groups excluding carboxylic acids is 2. The van der Waals surface area contributed by atoms with E-state index in [1.807, 2.05) is 6.92 Å². The second-order valence-corrected chi connectivity index (χ2v) is 5.88. The van der Waals surface area contributed by atoms with Gasteiger partial charge in [0.15, 0.2) is 0 Å². The molecule has 5 nitrogen and oxygen atoms in total. The quantitative estimate of drug-likeness (QED) is 0.453. The second kappa shape index (κ2) is 11.6. The molecule has 0 spiro atoms. The highest BCUT2D eigenvalue weighted by molar-refractivity contribution is 5.93. The lowest BCUT2D eigenvalue weighted by atomic mass is 10.1. The summed E-state index contributed by atoms with van der Waals surface area (Å²) in [6, 6.07) is 6.36. The van der Waals surface area contributed by atoms with E-state index in [0.29, 0.717) is 36.9 Å². The Hall–Kier alpha value is -1.88. The van der Waals surface area contributed by atoms with Gasteiger partial charge in [-0.25, -0.2) is 9.59 Å². The van der Waals surface area contributed by atoms with Gasteiger partial charge in [-0.2, -0.15) is 0 Å². The van der Waals surface area contributed by atoms with Gasteiger partial charge < -0.3 is 14.2 Å². The molecule has 0 amide bonds. The monoisotopic (exact) mass is 336 g/mol. The molecule has 0 fully saturated rings. The SMILES string of the molecule is CCCCOC(=O)c1ccc(C(=O)OCCC(C)CCOC)cc1. The highest BCUT2D eigenvalue weighted by Crippen LogP contribution is 2.11. The topological polar surface area (TPSA) is 61.8 Å². The maximum atomic E-state index is 12.0. The molecule has 1 aromatic carbocycles. The molecule has 0 aliphatic carbocycles. The zero-order valence-corrected chi connectivity index (χ0v) is 14.9. The van der Waals surface area contributed by atoms with E-state index in [4.69, 9.17) is 14.2 Å². The molecule has 134 valence electrons. The predicted molar refractivity (Wildman–Crippen MR) is 92.2 cm³/mol. The van der Waals surface area contributed by atoms with Gasteiger partial charge in [0.05, 0.1) is 24.3 Å². The zero-order valence-electron chi connectivity index (χ0n) is 14.9. The summed E-state index contributed by atoms with van der Waals surface area (Å²) in [5, 5.41) is 0. The maximum absolute atomic E-state index is 12.0. The molecule has 0 aromatic heterocycles. The highest BCUT2D eigenvalue weighted by atomic mass is 16.5. The van der Waals surface area contributed by atoms with Crippen molar-refractivity contribution in [3.8, 4) is 0 Å². The van der Waals surface area contributed by atoms with Crippen LogP contribution in [-0.2, 0) is 14.2 Å². The fourth-order valence-corrected chi connectivity index (χ4v) is 2.03. The number of ether oxygens (including phenoxy) is 3. The largest absolute Gasteiger partial charge is 0.462 e. The molecule has 0 radical (unpaired) electrons. The van der Waals surface area contributed by atoms with E-state index in [1.165, 1.54) is 0 Å². The van der Waals surface area contributed by atoms with Crippen LogP contribution in [0.5, 0.6) is 0 Å². The average Bonchev–Trinajstić information content (AvgIpc) is 2.60. The van der Waals surface area contributed by atoms with Crippen molar-refractivity contribution in [1.29, 1.82) is 0 Å². The summed E-state index contributed by atoms with van der Waals surface area (Å²) in [6.07, 6.45) is 3.57. The van der Waals surface area contributed by atoms with Gasteiger partial charge in [-0.1, -0.05) is 20.3 Å². The molecule has 1 rings (SSSR count). The van der Waals surface area contributed by atoms with Gasteiger partial charge in [-0.15, -0.1) is 0 Å². The van der Waals surface area contributed by atoms with Crippen LogP contribution in [0.3, 0.4) is 0 Å². The highest BCUT2D eigenvalue weighted by Gasteiger charge is 2.11. The van der Waals surface area contributed by atoms with Crippen molar-refractivity contribution in [2.24, 2.45) is 5.92 Å². The molecule has 24 heavy (non-hydrogen) atoms. The van der Waals surface area contributed by atoms with Crippen molar-refractivity contribution in [2.45, 2.75) is 39.5 Å². The molecule has 5 heteroatoms. The van der Waals surface area contributed by atoms with Gasteiger partial charge in [-0.05, 0) is 49.4 Å². The van der Waals surface area contributed by atoms with Crippen molar-refractivity contribution in [3.63, 3.8) is 0 Å². The van der Waals surface area contributed by atoms with Crippen molar-refractivity contribution in [1.82, 2.24) is 0 Å². The van der Waals surface area contributed by atoms with Gasteiger partial charge in [0, 0.05) is 13.7 Å². The second-order valence-electron chi connectivity index (χ2n) is 5.88.